The number of piperidine rings is 1. The molecule has 2 aromatic carbocycles. The number of carbonyl (C=O) groups excluding carboxylic acids is 1. The van der Waals surface area contributed by atoms with Crippen molar-refractivity contribution in [1.29, 1.82) is 0 Å². The lowest BCUT2D eigenvalue weighted by Gasteiger charge is -2.33. The van der Waals surface area contributed by atoms with Crippen LogP contribution in [0.4, 0.5) is 0 Å². The van der Waals surface area contributed by atoms with E-state index in [1.54, 1.807) is 11.8 Å². The largest absolute Gasteiger partial charge is 0.396 e. The van der Waals surface area contributed by atoms with Crippen LogP contribution in [0.15, 0.2) is 63.3 Å². The summed E-state index contributed by atoms with van der Waals surface area (Å²) in [6.45, 7) is 5.62. The van der Waals surface area contributed by atoms with Gasteiger partial charge in [0, 0.05) is 39.5 Å². The number of likely N-dealkylation sites (tertiary alicyclic amines) is 1. The summed E-state index contributed by atoms with van der Waals surface area (Å²) >= 11 is 11.6. The van der Waals surface area contributed by atoms with E-state index in [4.69, 9.17) is 16.7 Å². The van der Waals surface area contributed by atoms with Crippen LogP contribution in [-0.2, 0) is 4.79 Å². The molecule has 3 rings (SSSR count). The van der Waals surface area contributed by atoms with Crippen LogP contribution in [0.5, 0.6) is 0 Å². The van der Waals surface area contributed by atoms with Gasteiger partial charge in [-0.2, -0.15) is 0 Å². The van der Waals surface area contributed by atoms with Crippen molar-refractivity contribution in [3.05, 3.63) is 64.1 Å². The van der Waals surface area contributed by atoms with Crippen molar-refractivity contribution in [3.8, 4) is 0 Å². The lowest BCUT2D eigenvalue weighted by atomic mass is 9.94. The second-order valence-electron chi connectivity index (χ2n) is 6.93. The summed E-state index contributed by atoms with van der Waals surface area (Å²) < 4.78 is 1.02. The van der Waals surface area contributed by atoms with Gasteiger partial charge in [0.25, 0.3) is 5.91 Å². The van der Waals surface area contributed by atoms with Gasteiger partial charge < -0.3 is 10.0 Å². The zero-order valence-corrected chi connectivity index (χ0v) is 18.7. The van der Waals surface area contributed by atoms with E-state index < -0.39 is 0 Å². The summed E-state index contributed by atoms with van der Waals surface area (Å²) in [5.74, 6) is 0.312. The van der Waals surface area contributed by atoms with Crippen molar-refractivity contribution >= 4 is 50.8 Å². The van der Waals surface area contributed by atoms with Crippen molar-refractivity contribution in [1.82, 2.24) is 4.90 Å². The van der Waals surface area contributed by atoms with Gasteiger partial charge in [0.05, 0.1) is 5.02 Å². The molecule has 1 saturated heterocycles. The molecule has 3 nitrogen and oxygen atoms in total. The SMILES string of the molecule is C=C(C(=O)N1CCCC(CCO)C1)c1ccc(Sc2ccccc2Br)c(Cl)c1. The van der Waals surface area contributed by atoms with Crippen LogP contribution in [0.25, 0.3) is 5.57 Å². The first-order chi connectivity index (χ1) is 13.5. The predicted molar refractivity (Wildman–Crippen MR) is 120 cm³/mol. The number of hydrogen-bond acceptors (Lipinski definition) is 3. The second kappa shape index (κ2) is 9.97. The molecule has 0 bridgehead atoms. The number of nitrogens with zero attached hydrogens (tertiary/aromatic N) is 1. The summed E-state index contributed by atoms with van der Waals surface area (Å²) in [7, 11) is 0. The minimum atomic E-state index is -0.0510. The maximum atomic E-state index is 12.9. The van der Waals surface area contributed by atoms with E-state index in [1.165, 1.54) is 0 Å². The highest BCUT2D eigenvalue weighted by atomic mass is 79.9. The fourth-order valence-electron chi connectivity index (χ4n) is 3.40. The summed E-state index contributed by atoms with van der Waals surface area (Å²) in [5.41, 5.74) is 1.21. The summed E-state index contributed by atoms with van der Waals surface area (Å²) in [6.07, 6.45) is 2.76. The molecule has 0 radical (unpaired) electrons. The highest BCUT2D eigenvalue weighted by molar-refractivity contribution is 9.10. The Balaban J connectivity index is 1.71. The first-order valence-electron chi connectivity index (χ1n) is 9.31. The molecule has 1 fully saturated rings. The number of amides is 1. The third-order valence-electron chi connectivity index (χ3n) is 4.94. The maximum absolute atomic E-state index is 12.9. The highest BCUT2D eigenvalue weighted by Crippen LogP contribution is 2.38. The van der Waals surface area contributed by atoms with Gasteiger partial charge >= 0.3 is 0 Å². The van der Waals surface area contributed by atoms with Crippen molar-refractivity contribution in [3.63, 3.8) is 0 Å². The normalized spacial score (nSPS) is 16.8. The van der Waals surface area contributed by atoms with Crippen LogP contribution in [0.2, 0.25) is 5.02 Å². The highest BCUT2D eigenvalue weighted by Gasteiger charge is 2.25. The molecule has 0 saturated carbocycles. The molecule has 0 aliphatic carbocycles. The van der Waals surface area contributed by atoms with Gasteiger partial charge in [0.15, 0.2) is 0 Å². The Bertz CT molecular complexity index is 871. The Hall–Kier alpha value is -1.27. The molecule has 1 aliphatic rings. The quantitative estimate of drug-likeness (QED) is 0.524. The number of hydrogen-bond donors (Lipinski definition) is 1. The van der Waals surface area contributed by atoms with Gasteiger partial charge in [-0.3, -0.25) is 4.79 Å². The summed E-state index contributed by atoms with van der Waals surface area (Å²) in [6, 6.07) is 13.6. The zero-order chi connectivity index (χ0) is 20.1. The van der Waals surface area contributed by atoms with Gasteiger partial charge in [0.1, 0.15) is 0 Å². The standard InChI is InChI=1S/C22H23BrClNO2S/c1-15(22(27)25-11-4-5-16(14-25)10-12-26)17-8-9-21(19(24)13-17)28-20-7-3-2-6-18(20)23/h2-3,6-9,13,16,26H,1,4-5,10-12,14H2. The van der Waals surface area contributed by atoms with Crippen molar-refractivity contribution < 1.29 is 9.90 Å². The van der Waals surface area contributed by atoms with Gasteiger partial charge in [-0.05, 0) is 70.9 Å². The molecule has 1 N–H and O–H groups in total. The zero-order valence-electron chi connectivity index (χ0n) is 15.5. The number of benzene rings is 2. The minimum absolute atomic E-state index is 0.0510. The monoisotopic (exact) mass is 479 g/mol. The van der Waals surface area contributed by atoms with E-state index >= 15 is 0 Å². The van der Waals surface area contributed by atoms with Crippen LogP contribution in [0.3, 0.4) is 0 Å². The third kappa shape index (κ3) is 5.20. The van der Waals surface area contributed by atoms with E-state index in [2.05, 4.69) is 22.5 Å². The number of aliphatic hydroxyl groups is 1. The second-order valence-corrected chi connectivity index (χ2v) is 9.27. The molecular formula is C22H23BrClNO2S. The predicted octanol–water partition coefficient (Wildman–Crippen LogP) is 5.89. The average molecular weight is 481 g/mol. The molecule has 2 aromatic rings. The molecule has 1 atom stereocenters. The van der Waals surface area contributed by atoms with Gasteiger partial charge in [0.2, 0.25) is 0 Å². The van der Waals surface area contributed by atoms with Gasteiger partial charge in [-0.25, -0.2) is 0 Å². The molecule has 148 valence electrons. The van der Waals surface area contributed by atoms with E-state index in [0.29, 0.717) is 23.1 Å². The van der Waals surface area contributed by atoms with E-state index in [1.807, 2.05) is 47.4 Å². The lowest BCUT2D eigenvalue weighted by Crippen LogP contribution is -2.40. The van der Waals surface area contributed by atoms with Crippen molar-refractivity contribution in [2.45, 2.75) is 29.1 Å². The molecule has 6 heteroatoms. The van der Waals surface area contributed by atoms with Crippen LogP contribution < -0.4 is 0 Å². The third-order valence-corrected chi connectivity index (χ3v) is 7.47. The summed E-state index contributed by atoms with van der Waals surface area (Å²) in [4.78, 5) is 16.7. The van der Waals surface area contributed by atoms with Crippen LogP contribution in [0, 0.1) is 5.92 Å². The lowest BCUT2D eigenvalue weighted by molar-refractivity contribution is -0.126. The topological polar surface area (TPSA) is 40.5 Å². The Kier molecular flexibility index (Phi) is 7.63. The van der Waals surface area contributed by atoms with Crippen LogP contribution >= 0.6 is 39.3 Å². The van der Waals surface area contributed by atoms with E-state index in [9.17, 15) is 4.79 Å². The molecule has 1 unspecified atom stereocenters. The summed E-state index contributed by atoms with van der Waals surface area (Å²) in [5, 5.41) is 9.77. The van der Waals surface area contributed by atoms with Crippen LogP contribution in [0.1, 0.15) is 24.8 Å². The molecule has 1 amide bonds. The van der Waals surface area contributed by atoms with E-state index in [-0.39, 0.29) is 12.5 Å². The Morgan fingerprint density at radius 2 is 2.07 bits per heavy atom. The molecule has 1 heterocycles. The molecule has 0 spiro atoms. The van der Waals surface area contributed by atoms with Gasteiger partial charge in [-0.15, -0.1) is 0 Å². The number of halogens is 2. The average Bonchev–Trinajstić information content (AvgIpc) is 2.70. The molecule has 1 aliphatic heterocycles. The fraction of sp³-hybridized carbons (Fsp3) is 0.318. The van der Waals surface area contributed by atoms with Crippen LogP contribution in [-0.4, -0.2) is 35.6 Å². The smallest absolute Gasteiger partial charge is 0.253 e. The van der Waals surface area contributed by atoms with Crippen molar-refractivity contribution in [2.75, 3.05) is 19.7 Å². The Labute approximate surface area is 183 Å². The molecular weight excluding hydrogens is 458 g/mol. The maximum Gasteiger partial charge on any atom is 0.253 e. The first-order valence-corrected chi connectivity index (χ1v) is 11.3. The van der Waals surface area contributed by atoms with Crippen molar-refractivity contribution in [2.24, 2.45) is 5.92 Å². The minimum Gasteiger partial charge on any atom is -0.396 e. The Morgan fingerprint density at radius 3 is 2.79 bits per heavy atom. The number of aliphatic hydroxyl groups excluding tert-OH is 1. The van der Waals surface area contributed by atoms with E-state index in [0.717, 1.165) is 45.6 Å². The molecule has 28 heavy (non-hydrogen) atoms. The number of rotatable bonds is 6. The fourth-order valence-corrected chi connectivity index (χ4v) is 5.06. The molecule has 0 aromatic heterocycles. The van der Waals surface area contributed by atoms with Gasteiger partial charge in [-0.1, -0.05) is 48.1 Å². The first kappa shape index (κ1) is 21.4. The Morgan fingerprint density at radius 1 is 1.29 bits per heavy atom. The number of carbonyl (C=O) groups is 1.